The maximum Gasteiger partial charge on any atom is 0.317 e. The van der Waals surface area contributed by atoms with Crippen molar-refractivity contribution in [3.8, 4) is 5.75 Å². The number of hydrogen-bond donors (Lipinski definition) is 1. The molecule has 130 valence electrons. The molecule has 0 unspecified atom stereocenters. The molecule has 2 aliphatic rings. The summed E-state index contributed by atoms with van der Waals surface area (Å²) in [6.45, 7) is 3.38. The van der Waals surface area contributed by atoms with Gasteiger partial charge in [0.15, 0.2) is 0 Å². The van der Waals surface area contributed by atoms with E-state index >= 15 is 0 Å². The van der Waals surface area contributed by atoms with Crippen LogP contribution in [0.1, 0.15) is 32.6 Å². The zero-order valence-electron chi connectivity index (χ0n) is 14.3. The molecular formula is C18H25N3O3. The predicted octanol–water partition coefficient (Wildman–Crippen LogP) is 2.38. The molecule has 0 aliphatic carbocycles. The van der Waals surface area contributed by atoms with Crippen LogP contribution in [-0.4, -0.2) is 49.1 Å². The van der Waals surface area contributed by atoms with E-state index in [9.17, 15) is 9.59 Å². The molecule has 0 bridgehead atoms. The van der Waals surface area contributed by atoms with Crippen molar-refractivity contribution in [3.05, 3.63) is 24.3 Å². The zero-order valence-corrected chi connectivity index (χ0v) is 14.3. The summed E-state index contributed by atoms with van der Waals surface area (Å²) in [7, 11) is 1.60. The van der Waals surface area contributed by atoms with Gasteiger partial charge in [0.2, 0.25) is 5.91 Å². The molecule has 2 saturated heterocycles. The molecule has 3 rings (SSSR count). The summed E-state index contributed by atoms with van der Waals surface area (Å²) < 4.78 is 5.22. The van der Waals surface area contributed by atoms with Gasteiger partial charge in [-0.15, -0.1) is 0 Å². The van der Waals surface area contributed by atoms with Crippen LogP contribution in [0, 0.1) is 0 Å². The summed E-state index contributed by atoms with van der Waals surface area (Å²) in [5, 5.41) is 3.03. The SMILES string of the molecule is COc1cccc(N2C[C@H](NC(=O)N3CCCC[C@@H]3C)CC2=O)c1. The van der Waals surface area contributed by atoms with E-state index in [1.165, 1.54) is 6.42 Å². The summed E-state index contributed by atoms with van der Waals surface area (Å²) in [5.74, 6) is 0.746. The van der Waals surface area contributed by atoms with Crippen LogP contribution in [-0.2, 0) is 4.79 Å². The van der Waals surface area contributed by atoms with E-state index in [-0.39, 0.29) is 24.0 Å². The highest BCUT2D eigenvalue weighted by molar-refractivity contribution is 5.97. The van der Waals surface area contributed by atoms with Gasteiger partial charge in [0.25, 0.3) is 0 Å². The summed E-state index contributed by atoms with van der Waals surface area (Å²) in [6, 6.07) is 7.51. The van der Waals surface area contributed by atoms with E-state index in [1.54, 1.807) is 12.0 Å². The molecule has 1 aromatic carbocycles. The molecule has 1 N–H and O–H groups in total. The maximum absolute atomic E-state index is 12.5. The van der Waals surface area contributed by atoms with Crippen molar-refractivity contribution in [1.29, 1.82) is 0 Å². The number of carbonyl (C=O) groups excluding carboxylic acids is 2. The lowest BCUT2D eigenvalue weighted by atomic mass is 10.0. The highest BCUT2D eigenvalue weighted by Gasteiger charge is 2.33. The molecule has 0 spiro atoms. The van der Waals surface area contributed by atoms with Gasteiger partial charge in [0.05, 0.1) is 13.2 Å². The molecule has 2 aliphatic heterocycles. The lowest BCUT2D eigenvalue weighted by Crippen LogP contribution is -2.50. The number of piperidine rings is 1. The number of nitrogens with zero attached hydrogens (tertiary/aromatic N) is 2. The van der Waals surface area contributed by atoms with Gasteiger partial charge in [-0.3, -0.25) is 4.79 Å². The molecule has 0 radical (unpaired) electrons. The second kappa shape index (κ2) is 7.11. The van der Waals surface area contributed by atoms with Crippen molar-refractivity contribution >= 4 is 17.6 Å². The number of methoxy groups -OCH3 is 1. The van der Waals surface area contributed by atoms with E-state index in [1.807, 2.05) is 29.2 Å². The van der Waals surface area contributed by atoms with Crippen LogP contribution in [0.4, 0.5) is 10.5 Å². The Kier molecular flexibility index (Phi) is 4.92. The number of likely N-dealkylation sites (tertiary alicyclic amines) is 1. The van der Waals surface area contributed by atoms with E-state index in [4.69, 9.17) is 4.74 Å². The van der Waals surface area contributed by atoms with Gasteiger partial charge in [-0.1, -0.05) is 6.07 Å². The Morgan fingerprint density at radius 1 is 1.33 bits per heavy atom. The van der Waals surface area contributed by atoms with Crippen molar-refractivity contribution < 1.29 is 14.3 Å². The van der Waals surface area contributed by atoms with Crippen LogP contribution in [0.3, 0.4) is 0 Å². The second-order valence-corrected chi connectivity index (χ2v) is 6.59. The zero-order chi connectivity index (χ0) is 17.1. The van der Waals surface area contributed by atoms with E-state index in [0.717, 1.165) is 30.8 Å². The summed E-state index contributed by atoms with van der Waals surface area (Å²) in [6.07, 6.45) is 3.62. The van der Waals surface area contributed by atoms with Crippen molar-refractivity contribution in [2.24, 2.45) is 0 Å². The first kappa shape index (κ1) is 16.6. The Morgan fingerprint density at radius 2 is 2.17 bits per heavy atom. The van der Waals surface area contributed by atoms with Gasteiger partial charge < -0.3 is 19.9 Å². The minimum atomic E-state index is -0.148. The molecule has 6 nitrogen and oxygen atoms in total. The third kappa shape index (κ3) is 3.47. The normalized spacial score (nSPS) is 24.2. The molecule has 2 fully saturated rings. The number of hydrogen-bond acceptors (Lipinski definition) is 3. The molecule has 1 aromatic rings. The Labute approximate surface area is 142 Å². The van der Waals surface area contributed by atoms with E-state index < -0.39 is 0 Å². The van der Waals surface area contributed by atoms with Gasteiger partial charge in [-0.2, -0.15) is 0 Å². The number of rotatable bonds is 3. The van der Waals surface area contributed by atoms with Crippen LogP contribution in [0.2, 0.25) is 0 Å². The summed E-state index contributed by atoms with van der Waals surface area (Å²) in [4.78, 5) is 28.4. The van der Waals surface area contributed by atoms with Crippen molar-refractivity contribution in [1.82, 2.24) is 10.2 Å². The highest BCUT2D eigenvalue weighted by Crippen LogP contribution is 2.25. The smallest absolute Gasteiger partial charge is 0.317 e. The fourth-order valence-corrected chi connectivity index (χ4v) is 3.49. The Morgan fingerprint density at radius 3 is 2.92 bits per heavy atom. The third-order valence-electron chi connectivity index (χ3n) is 4.88. The Hall–Kier alpha value is -2.24. The number of benzene rings is 1. The quantitative estimate of drug-likeness (QED) is 0.925. The van der Waals surface area contributed by atoms with Crippen LogP contribution < -0.4 is 15.0 Å². The molecule has 0 aromatic heterocycles. The number of nitrogens with one attached hydrogen (secondary N) is 1. The number of urea groups is 1. The summed E-state index contributed by atoms with van der Waals surface area (Å²) >= 11 is 0. The van der Waals surface area contributed by atoms with Crippen LogP contribution in [0.25, 0.3) is 0 Å². The van der Waals surface area contributed by atoms with Crippen molar-refractivity contribution in [3.63, 3.8) is 0 Å². The molecule has 2 atom stereocenters. The van der Waals surface area contributed by atoms with Gasteiger partial charge >= 0.3 is 6.03 Å². The first-order valence-electron chi connectivity index (χ1n) is 8.60. The maximum atomic E-state index is 12.5. The molecule has 0 saturated carbocycles. The lowest BCUT2D eigenvalue weighted by Gasteiger charge is -2.34. The summed E-state index contributed by atoms with van der Waals surface area (Å²) in [5.41, 5.74) is 0.808. The minimum absolute atomic E-state index is 0.0280. The second-order valence-electron chi connectivity index (χ2n) is 6.59. The van der Waals surface area contributed by atoms with Gasteiger partial charge in [-0.25, -0.2) is 4.79 Å². The largest absolute Gasteiger partial charge is 0.497 e. The first-order valence-corrected chi connectivity index (χ1v) is 8.60. The van der Waals surface area contributed by atoms with Gasteiger partial charge in [0.1, 0.15) is 5.75 Å². The lowest BCUT2D eigenvalue weighted by molar-refractivity contribution is -0.117. The average Bonchev–Trinajstić information content (AvgIpc) is 2.95. The number of amides is 3. The Bertz CT molecular complexity index is 619. The third-order valence-corrected chi connectivity index (χ3v) is 4.88. The molecule has 3 amide bonds. The van der Waals surface area contributed by atoms with Gasteiger partial charge in [-0.05, 0) is 38.3 Å². The standard InChI is InChI=1S/C18H25N3O3/c1-13-6-3-4-9-20(13)18(23)19-14-10-17(22)21(12-14)15-7-5-8-16(11-15)24-2/h5,7-8,11,13-14H,3-4,6,9-10,12H2,1-2H3,(H,19,23)/t13-,14+/m0/s1. The fraction of sp³-hybridized carbons (Fsp3) is 0.556. The Balaban J connectivity index is 1.63. The predicted molar refractivity (Wildman–Crippen MR) is 92.3 cm³/mol. The topological polar surface area (TPSA) is 61.9 Å². The molecule has 6 heteroatoms. The number of anilines is 1. The van der Waals surface area contributed by atoms with E-state index in [2.05, 4.69) is 12.2 Å². The average molecular weight is 331 g/mol. The van der Waals surface area contributed by atoms with E-state index in [0.29, 0.717) is 13.0 Å². The molecule has 2 heterocycles. The van der Waals surface area contributed by atoms with Crippen molar-refractivity contribution in [2.75, 3.05) is 25.1 Å². The van der Waals surface area contributed by atoms with Crippen molar-refractivity contribution in [2.45, 2.75) is 44.7 Å². The molecule has 24 heavy (non-hydrogen) atoms. The van der Waals surface area contributed by atoms with Crippen LogP contribution in [0.5, 0.6) is 5.75 Å². The highest BCUT2D eigenvalue weighted by atomic mass is 16.5. The van der Waals surface area contributed by atoms with Gasteiger partial charge in [0, 0.05) is 37.3 Å². The first-order chi connectivity index (χ1) is 11.6. The van der Waals surface area contributed by atoms with Crippen LogP contribution >= 0.6 is 0 Å². The van der Waals surface area contributed by atoms with Crippen LogP contribution in [0.15, 0.2) is 24.3 Å². The number of carbonyl (C=O) groups is 2. The number of ether oxygens (including phenoxy) is 1. The fourth-order valence-electron chi connectivity index (χ4n) is 3.49. The minimum Gasteiger partial charge on any atom is -0.497 e. The molecular weight excluding hydrogens is 306 g/mol. The monoisotopic (exact) mass is 331 g/mol.